The number of hydrogen-bond donors (Lipinski definition) is 2. The Morgan fingerprint density at radius 1 is 1.22 bits per heavy atom. The molecule has 3 nitrogen and oxygen atoms in total. The molecule has 0 bridgehead atoms. The lowest BCUT2D eigenvalue weighted by molar-refractivity contribution is 0.171. The molecule has 1 aromatic rings. The SMILES string of the molecule is COc1c(C)cc(NCC(C)(C)CO)c(C)c1C. The van der Waals surface area contributed by atoms with Gasteiger partial charge in [0.05, 0.1) is 7.11 Å². The van der Waals surface area contributed by atoms with E-state index >= 15 is 0 Å². The second kappa shape index (κ2) is 5.61. The predicted molar refractivity (Wildman–Crippen MR) is 76.6 cm³/mol. The molecule has 0 heterocycles. The van der Waals surface area contributed by atoms with Crippen molar-refractivity contribution < 1.29 is 9.84 Å². The summed E-state index contributed by atoms with van der Waals surface area (Å²) in [5.41, 5.74) is 4.50. The maximum absolute atomic E-state index is 9.27. The fourth-order valence-electron chi connectivity index (χ4n) is 1.95. The van der Waals surface area contributed by atoms with Crippen LogP contribution in [-0.2, 0) is 0 Å². The zero-order valence-corrected chi connectivity index (χ0v) is 12.3. The van der Waals surface area contributed by atoms with Crippen molar-refractivity contribution in [3.05, 3.63) is 22.8 Å². The summed E-state index contributed by atoms with van der Waals surface area (Å²) in [6.45, 7) is 11.2. The number of anilines is 1. The largest absolute Gasteiger partial charge is 0.496 e. The van der Waals surface area contributed by atoms with E-state index in [4.69, 9.17) is 4.74 Å². The van der Waals surface area contributed by atoms with Crippen LogP contribution in [0.4, 0.5) is 5.69 Å². The molecule has 1 rings (SSSR count). The third-order valence-corrected chi connectivity index (χ3v) is 3.42. The van der Waals surface area contributed by atoms with E-state index in [0.717, 1.165) is 23.5 Å². The minimum Gasteiger partial charge on any atom is -0.496 e. The van der Waals surface area contributed by atoms with Gasteiger partial charge in [-0.3, -0.25) is 0 Å². The Morgan fingerprint density at radius 3 is 2.33 bits per heavy atom. The molecular formula is C15H25NO2. The Labute approximate surface area is 110 Å². The van der Waals surface area contributed by atoms with Gasteiger partial charge in [-0.15, -0.1) is 0 Å². The summed E-state index contributed by atoms with van der Waals surface area (Å²) in [6, 6.07) is 2.11. The van der Waals surface area contributed by atoms with Crippen LogP contribution in [0.25, 0.3) is 0 Å². The second-order valence-corrected chi connectivity index (χ2v) is 5.70. The van der Waals surface area contributed by atoms with E-state index in [1.54, 1.807) is 7.11 Å². The summed E-state index contributed by atoms with van der Waals surface area (Å²) in [5.74, 6) is 0.958. The van der Waals surface area contributed by atoms with Gasteiger partial charge in [-0.05, 0) is 43.5 Å². The molecular weight excluding hydrogens is 226 g/mol. The first kappa shape index (κ1) is 14.8. The fraction of sp³-hybridized carbons (Fsp3) is 0.600. The lowest BCUT2D eigenvalue weighted by atomic mass is 9.94. The van der Waals surface area contributed by atoms with Gasteiger partial charge in [-0.2, -0.15) is 0 Å². The van der Waals surface area contributed by atoms with Crippen LogP contribution in [0, 0.1) is 26.2 Å². The number of hydrogen-bond acceptors (Lipinski definition) is 3. The number of aliphatic hydroxyl groups excluding tert-OH is 1. The maximum atomic E-state index is 9.27. The van der Waals surface area contributed by atoms with Crippen molar-refractivity contribution in [2.45, 2.75) is 34.6 Å². The van der Waals surface area contributed by atoms with E-state index in [0.29, 0.717) is 0 Å². The van der Waals surface area contributed by atoms with Gasteiger partial charge in [0.1, 0.15) is 5.75 Å². The van der Waals surface area contributed by atoms with Crippen LogP contribution in [0.2, 0.25) is 0 Å². The van der Waals surface area contributed by atoms with E-state index in [1.807, 2.05) is 20.8 Å². The zero-order chi connectivity index (χ0) is 13.9. The van der Waals surface area contributed by atoms with Gasteiger partial charge in [-0.1, -0.05) is 13.8 Å². The van der Waals surface area contributed by atoms with Crippen molar-refractivity contribution in [2.24, 2.45) is 5.41 Å². The van der Waals surface area contributed by atoms with Gasteiger partial charge in [0.25, 0.3) is 0 Å². The third-order valence-electron chi connectivity index (χ3n) is 3.42. The molecule has 3 heteroatoms. The molecule has 0 saturated carbocycles. The highest BCUT2D eigenvalue weighted by atomic mass is 16.5. The molecule has 0 unspecified atom stereocenters. The molecule has 0 aliphatic rings. The zero-order valence-electron chi connectivity index (χ0n) is 12.3. The summed E-state index contributed by atoms with van der Waals surface area (Å²) in [6.07, 6.45) is 0. The van der Waals surface area contributed by atoms with Crippen molar-refractivity contribution in [3.63, 3.8) is 0 Å². The smallest absolute Gasteiger partial charge is 0.125 e. The third kappa shape index (κ3) is 3.16. The Bertz CT molecular complexity index is 425. The van der Waals surface area contributed by atoms with Gasteiger partial charge in [0.15, 0.2) is 0 Å². The first-order valence-corrected chi connectivity index (χ1v) is 6.32. The Balaban J connectivity index is 2.98. The van der Waals surface area contributed by atoms with Crippen LogP contribution in [0.5, 0.6) is 5.75 Å². The summed E-state index contributed by atoms with van der Waals surface area (Å²) in [7, 11) is 1.71. The molecule has 0 spiro atoms. The van der Waals surface area contributed by atoms with Crippen LogP contribution in [-0.4, -0.2) is 25.4 Å². The van der Waals surface area contributed by atoms with Crippen molar-refractivity contribution in [1.82, 2.24) is 0 Å². The molecule has 102 valence electrons. The van der Waals surface area contributed by atoms with E-state index in [1.165, 1.54) is 11.1 Å². The Kier molecular flexibility index (Phi) is 4.63. The Morgan fingerprint density at radius 2 is 1.83 bits per heavy atom. The quantitative estimate of drug-likeness (QED) is 0.845. The number of rotatable bonds is 5. The molecule has 1 aromatic carbocycles. The van der Waals surface area contributed by atoms with Crippen molar-refractivity contribution in [3.8, 4) is 5.75 Å². The summed E-state index contributed by atoms with van der Waals surface area (Å²) in [5, 5.41) is 12.7. The lowest BCUT2D eigenvalue weighted by Gasteiger charge is -2.24. The molecule has 0 radical (unpaired) electrons. The average molecular weight is 251 g/mol. The lowest BCUT2D eigenvalue weighted by Crippen LogP contribution is -2.27. The highest BCUT2D eigenvalue weighted by molar-refractivity contribution is 5.61. The minimum atomic E-state index is -0.117. The van der Waals surface area contributed by atoms with Gasteiger partial charge >= 0.3 is 0 Å². The number of methoxy groups -OCH3 is 1. The van der Waals surface area contributed by atoms with Crippen molar-refractivity contribution in [1.29, 1.82) is 0 Å². The topological polar surface area (TPSA) is 41.5 Å². The molecule has 18 heavy (non-hydrogen) atoms. The average Bonchev–Trinajstić information content (AvgIpc) is 2.33. The monoisotopic (exact) mass is 251 g/mol. The number of aliphatic hydroxyl groups is 1. The summed E-state index contributed by atoms with van der Waals surface area (Å²) < 4.78 is 5.41. The minimum absolute atomic E-state index is 0.117. The molecule has 0 amide bonds. The molecule has 0 aromatic heterocycles. The summed E-state index contributed by atoms with van der Waals surface area (Å²) >= 11 is 0. The Hall–Kier alpha value is -1.22. The number of aryl methyl sites for hydroxylation is 1. The fourth-order valence-corrected chi connectivity index (χ4v) is 1.95. The van der Waals surface area contributed by atoms with E-state index < -0.39 is 0 Å². The first-order chi connectivity index (χ1) is 8.32. The van der Waals surface area contributed by atoms with Crippen molar-refractivity contribution in [2.75, 3.05) is 25.6 Å². The van der Waals surface area contributed by atoms with Gasteiger partial charge in [0, 0.05) is 24.3 Å². The van der Waals surface area contributed by atoms with Crippen LogP contribution in [0.3, 0.4) is 0 Å². The van der Waals surface area contributed by atoms with Crippen LogP contribution in [0.15, 0.2) is 6.07 Å². The number of benzene rings is 1. The summed E-state index contributed by atoms with van der Waals surface area (Å²) in [4.78, 5) is 0. The highest BCUT2D eigenvalue weighted by Gasteiger charge is 2.17. The molecule has 2 N–H and O–H groups in total. The standard InChI is InChI=1S/C15H25NO2/c1-10-7-13(16-8-15(4,5)9-17)11(2)12(3)14(10)18-6/h7,16-17H,8-9H2,1-6H3. The predicted octanol–water partition coefficient (Wildman–Crippen LogP) is 3.05. The number of ether oxygens (including phenoxy) is 1. The molecule has 0 atom stereocenters. The second-order valence-electron chi connectivity index (χ2n) is 5.70. The molecule has 0 aliphatic heterocycles. The van der Waals surface area contributed by atoms with Crippen LogP contribution < -0.4 is 10.1 Å². The van der Waals surface area contributed by atoms with Gasteiger partial charge < -0.3 is 15.2 Å². The van der Waals surface area contributed by atoms with E-state index in [9.17, 15) is 5.11 Å². The van der Waals surface area contributed by atoms with Crippen LogP contribution >= 0.6 is 0 Å². The van der Waals surface area contributed by atoms with Crippen LogP contribution in [0.1, 0.15) is 30.5 Å². The normalized spacial score (nSPS) is 11.5. The van der Waals surface area contributed by atoms with Crippen molar-refractivity contribution >= 4 is 5.69 Å². The highest BCUT2D eigenvalue weighted by Crippen LogP contribution is 2.31. The molecule has 0 fully saturated rings. The van der Waals surface area contributed by atoms with Gasteiger partial charge in [-0.25, -0.2) is 0 Å². The maximum Gasteiger partial charge on any atom is 0.125 e. The van der Waals surface area contributed by atoms with Gasteiger partial charge in [0.2, 0.25) is 0 Å². The molecule has 0 saturated heterocycles. The molecule has 0 aliphatic carbocycles. The first-order valence-electron chi connectivity index (χ1n) is 6.32. The number of nitrogens with one attached hydrogen (secondary N) is 1. The van der Waals surface area contributed by atoms with E-state index in [2.05, 4.69) is 25.2 Å². The van der Waals surface area contributed by atoms with E-state index in [-0.39, 0.29) is 12.0 Å².